The zero-order chi connectivity index (χ0) is 22.9. The molecule has 0 bridgehead atoms. The van der Waals surface area contributed by atoms with E-state index in [0.717, 1.165) is 23.6 Å². The van der Waals surface area contributed by atoms with Crippen LogP contribution in [-0.4, -0.2) is 31.0 Å². The second kappa shape index (κ2) is 9.49. The van der Waals surface area contributed by atoms with Crippen molar-refractivity contribution in [3.8, 4) is 0 Å². The summed E-state index contributed by atoms with van der Waals surface area (Å²) < 4.78 is 6.17. The summed E-state index contributed by atoms with van der Waals surface area (Å²) in [5.41, 5.74) is 0.901. The molecule has 4 nitrogen and oxygen atoms in total. The topological polar surface area (TPSA) is 46.6 Å². The summed E-state index contributed by atoms with van der Waals surface area (Å²) in [7, 11) is -1.90. The third-order valence-corrected chi connectivity index (χ3v) is 9.05. The summed E-state index contributed by atoms with van der Waals surface area (Å²) in [6, 6.07) is 7.04. The van der Waals surface area contributed by atoms with Crippen LogP contribution in [0.1, 0.15) is 58.1 Å². The summed E-state index contributed by atoms with van der Waals surface area (Å²) in [6.07, 6.45) is 4.82. The van der Waals surface area contributed by atoms with Crippen molar-refractivity contribution in [2.24, 2.45) is 17.8 Å². The number of hydrogen-bond acceptors (Lipinski definition) is 3. The lowest BCUT2D eigenvalue weighted by atomic mass is 9.75. The Kier molecular flexibility index (Phi) is 7.37. The maximum Gasteiger partial charge on any atom is 0.414 e. The van der Waals surface area contributed by atoms with Gasteiger partial charge in [0.2, 0.25) is 0 Å². The Morgan fingerprint density at radius 2 is 1.81 bits per heavy atom. The van der Waals surface area contributed by atoms with Gasteiger partial charge < -0.3 is 4.74 Å². The smallest absolute Gasteiger partial charge is 0.414 e. The number of hydrogen-bond donors (Lipinski definition) is 0. The Hall–Kier alpha value is -1.59. The minimum Gasteiger partial charge on any atom is -0.446 e. The summed E-state index contributed by atoms with van der Waals surface area (Å²) >= 11 is 6.07. The second-order valence-electron chi connectivity index (χ2n) is 10.6. The molecule has 6 heteroatoms. The predicted octanol–water partition coefficient (Wildman–Crippen LogP) is 7.01. The molecule has 0 unspecified atom stereocenters. The van der Waals surface area contributed by atoms with Crippen LogP contribution in [0.3, 0.4) is 0 Å². The van der Waals surface area contributed by atoms with Crippen LogP contribution in [0.25, 0.3) is 0 Å². The van der Waals surface area contributed by atoms with Gasteiger partial charge in [-0.3, -0.25) is 9.69 Å². The van der Waals surface area contributed by atoms with Gasteiger partial charge in [0, 0.05) is 17.6 Å². The zero-order valence-electron chi connectivity index (χ0n) is 19.7. The number of amides is 1. The standard InChI is InChI=1S/C25H36ClNO3Si/c1-16(2)20-12-7-17(3)13-23(20)30-25(29)27-15-24(31(4,5)6)22(28)14-21(27)18-8-10-19(26)11-9-18/h8-11,15-17,20-21,23H,7,12-14H2,1-6H3/t17-,20+,21+,23-/m1/s1. The maximum atomic E-state index is 13.5. The molecule has 0 N–H and O–H groups in total. The van der Waals surface area contributed by atoms with Crippen molar-refractivity contribution >= 4 is 31.6 Å². The highest BCUT2D eigenvalue weighted by atomic mass is 35.5. The van der Waals surface area contributed by atoms with E-state index in [4.69, 9.17) is 16.3 Å². The van der Waals surface area contributed by atoms with Crippen molar-refractivity contribution in [1.82, 2.24) is 4.90 Å². The molecular weight excluding hydrogens is 426 g/mol. The third-order valence-electron chi connectivity index (χ3n) is 6.77. The molecule has 4 atom stereocenters. The number of benzene rings is 1. The van der Waals surface area contributed by atoms with Gasteiger partial charge in [-0.2, -0.15) is 0 Å². The average Bonchev–Trinajstić information content (AvgIpc) is 2.67. The molecule has 1 amide bonds. The first-order valence-electron chi connectivity index (χ1n) is 11.5. The van der Waals surface area contributed by atoms with E-state index in [1.54, 1.807) is 23.2 Å². The second-order valence-corrected chi connectivity index (χ2v) is 16.1. The van der Waals surface area contributed by atoms with Gasteiger partial charge >= 0.3 is 6.09 Å². The largest absolute Gasteiger partial charge is 0.446 e. The molecule has 0 spiro atoms. The average molecular weight is 462 g/mol. The summed E-state index contributed by atoms with van der Waals surface area (Å²) in [4.78, 5) is 28.2. The summed E-state index contributed by atoms with van der Waals surface area (Å²) in [6.45, 7) is 13.1. The number of carbonyl (C=O) groups is 2. The van der Waals surface area contributed by atoms with Gasteiger partial charge in [0.25, 0.3) is 0 Å². The molecule has 1 aromatic rings. The van der Waals surface area contributed by atoms with Crippen molar-refractivity contribution in [3.63, 3.8) is 0 Å². The number of carbonyl (C=O) groups excluding carboxylic acids is 2. The van der Waals surface area contributed by atoms with Crippen LogP contribution in [0.4, 0.5) is 4.79 Å². The van der Waals surface area contributed by atoms with Crippen molar-refractivity contribution in [2.75, 3.05) is 0 Å². The highest BCUT2D eigenvalue weighted by molar-refractivity contribution is 6.87. The quantitative estimate of drug-likeness (QED) is 0.452. The normalized spacial score (nSPS) is 27.3. The van der Waals surface area contributed by atoms with E-state index in [2.05, 4.69) is 40.4 Å². The van der Waals surface area contributed by atoms with Crippen LogP contribution < -0.4 is 0 Å². The minimum absolute atomic E-state index is 0.0801. The molecule has 0 aromatic heterocycles. The Bertz CT molecular complexity index is 843. The van der Waals surface area contributed by atoms with Crippen LogP contribution in [-0.2, 0) is 9.53 Å². The van der Waals surface area contributed by atoms with E-state index in [1.807, 2.05) is 12.1 Å². The van der Waals surface area contributed by atoms with E-state index >= 15 is 0 Å². The van der Waals surface area contributed by atoms with Gasteiger partial charge in [-0.05, 0) is 53.5 Å². The molecule has 1 aromatic carbocycles. The molecule has 31 heavy (non-hydrogen) atoms. The Labute approximate surface area is 193 Å². The summed E-state index contributed by atoms with van der Waals surface area (Å²) in [5, 5.41) is 1.43. The van der Waals surface area contributed by atoms with Gasteiger partial charge in [-0.25, -0.2) is 4.79 Å². The molecule has 170 valence electrons. The molecule has 1 aliphatic carbocycles. The van der Waals surface area contributed by atoms with Crippen LogP contribution in [0.2, 0.25) is 24.7 Å². The first-order valence-corrected chi connectivity index (χ1v) is 15.3. The number of rotatable bonds is 4. The fourth-order valence-corrected chi connectivity index (χ4v) is 6.47. The fraction of sp³-hybridized carbons (Fsp3) is 0.600. The van der Waals surface area contributed by atoms with Gasteiger partial charge in [0.15, 0.2) is 5.78 Å². The van der Waals surface area contributed by atoms with Gasteiger partial charge in [0.05, 0.1) is 14.1 Å². The minimum atomic E-state index is -1.90. The van der Waals surface area contributed by atoms with E-state index < -0.39 is 8.07 Å². The van der Waals surface area contributed by atoms with Crippen LogP contribution in [0, 0.1) is 17.8 Å². The third kappa shape index (κ3) is 5.61. The molecule has 1 saturated carbocycles. The van der Waals surface area contributed by atoms with Crippen LogP contribution in [0.15, 0.2) is 35.7 Å². The Morgan fingerprint density at radius 3 is 2.39 bits per heavy atom. The molecular formula is C25H36ClNO3Si. The number of allylic oxidation sites excluding steroid dienone is 1. The number of halogens is 1. The summed E-state index contributed by atoms with van der Waals surface area (Å²) in [5.74, 6) is 1.53. The first-order chi connectivity index (χ1) is 14.5. The Balaban J connectivity index is 1.93. The monoisotopic (exact) mass is 461 g/mol. The van der Waals surface area contributed by atoms with E-state index in [-0.39, 0.29) is 30.4 Å². The molecule has 2 aliphatic rings. The van der Waals surface area contributed by atoms with Crippen molar-refractivity contribution in [1.29, 1.82) is 0 Å². The molecule has 1 heterocycles. The lowest BCUT2D eigenvalue weighted by molar-refractivity contribution is -0.116. The lowest BCUT2D eigenvalue weighted by Crippen LogP contribution is -2.44. The van der Waals surface area contributed by atoms with Gasteiger partial charge in [0.1, 0.15) is 6.10 Å². The van der Waals surface area contributed by atoms with Crippen molar-refractivity contribution < 1.29 is 14.3 Å². The van der Waals surface area contributed by atoms with E-state index in [9.17, 15) is 9.59 Å². The number of ether oxygens (including phenoxy) is 1. The number of Topliss-reactive ketones (excluding diaryl/α,β-unsaturated/α-hetero) is 1. The van der Waals surface area contributed by atoms with Crippen molar-refractivity contribution in [3.05, 3.63) is 46.2 Å². The first kappa shape index (κ1) is 24.1. The van der Waals surface area contributed by atoms with E-state index in [0.29, 0.717) is 22.8 Å². The Morgan fingerprint density at radius 1 is 1.16 bits per heavy atom. The fourth-order valence-electron chi connectivity index (χ4n) is 4.88. The zero-order valence-corrected chi connectivity index (χ0v) is 21.4. The molecule has 1 aliphatic heterocycles. The predicted molar refractivity (Wildman–Crippen MR) is 129 cm³/mol. The molecule has 1 fully saturated rings. The van der Waals surface area contributed by atoms with E-state index in [1.165, 1.54) is 6.42 Å². The number of nitrogens with zero attached hydrogens (tertiary/aromatic N) is 1. The van der Waals surface area contributed by atoms with Gasteiger partial charge in [-0.15, -0.1) is 0 Å². The van der Waals surface area contributed by atoms with Gasteiger partial charge in [-0.1, -0.05) is 70.6 Å². The van der Waals surface area contributed by atoms with Crippen LogP contribution >= 0.6 is 11.6 Å². The molecule has 3 rings (SSSR count). The SMILES string of the molecule is CC(C)[C@@H]1CC[C@@H](C)C[C@H]1OC(=O)N1C=C([Si](C)(C)C)C(=O)C[C@H]1c1ccc(Cl)cc1. The number of ketones is 1. The molecule has 0 radical (unpaired) electrons. The highest BCUT2D eigenvalue weighted by Gasteiger charge is 2.40. The lowest BCUT2D eigenvalue weighted by Gasteiger charge is -2.40. The maximum absolute atomic E-state index is 13.5. The van der Waals surface area contributed by atoms with Crippen LogP contribution in [0.5, 0.6) is 0 Å². The van der Waals surface area contributed by atoms with Crippen molar-refractivity contribution in [2.45, 2.75) is 78.2 Å². The molecule has 0 saturated heterocycles. The highest BCUT2D eigenvalue weighted by Crippen LogP contribution is 2.38.